The van der Waals surface area contributed by atoms with Crippen LogP contribution >= 0.6 is 22.9 Å². The van der Waals surface area contributed by atoms with Crippen molar-refractivity contribution in [1.29, 1.82) is 0 Å². The number of thiazole rings is 1. The number of sulfonamides is 1. The van der Waals surface area contributed by atoms with Crippen molar-refractivity contribution in [2.45, 2.75) is 41.7 Å². The fourth-order valence-corrected chi connectivity index (χ4v) is 4.99. The average molecular weight is 482 g/mol. The van der Waals surface area contributed by atoms with Gasteiger partial charge in [-0.1, -0.05) is 29.5 Å². The zero-order chi connectivity index (χ0) is 21.7. The summed E-state index contributed by atoms with van der Waals surface area (Å²) in [5.74, 6) is 0. The van der Waals surface area contributed by atoms with Gasteiger partial charge in [0.1, 0.15) is 0 Å². The summed E-state index contributed by atoms with van der Waals surface area (Å²) >= 11 is 6.72. The lowest BCUT2D eigenvalue weighted by Gasteiger charge is -2.27. The summed E-state index contributed by atoms with van der Waals surface area (Å²) in [5.41, 5.74) is -0.650. The van der Waals surface area contributed by atoms with Gasteiger partial charge in [0.2, 0.25) is 5.13 Å². The van der Waals surface area contributed by atoms with Crippen LogP contribution in [-0.4, -0.2) is 55.5 Å². The second-order valence-electron chi connectivity index (χ2n) is 6.70. The van der Waals surface area contributed by atoms with E-state index in [9.17, 15) is 17.9 Å². The van der Waals surface area contributed by atoms with Crippen LogP contribution in [0.15, 0.2) is 41.4 Å². The fraction of sp³-hybridized carbons (Fsp3) is 0.471. The molecular formula is C17H22ClF2N5O3S2. The van der Waals surface area contributed by atoms with E-state index in [1.165, 1.54) is 24.3 Å². The van der Waals surface area contributed by atoms with Crippen LogP contribution in [0.25, 0.3) is 0 Å². The van der Waals surface area contributed by atoms with Crippen LogP contribution in [0.3, 0.4) is 0 Å². The molecule has 8 nitrogen and oxygen atoms in total. The van der Waals surface area contributed by atoms with Crippen LogP contribution in [0.2, 0.25) is 0 Å². The van der Waals surface area contributed by atoms with E-state index in [1.807, 2.05) is 0 Å². The van der Waals surface area contributed by atoms with Crippen LogP contribution in [0.4, 0.5) is 13.9 Å². The van der Waals surface area contributed by atoms with Gasteiger partial charge in [-0.05, 0) is 18.6 Å². The van der Waals surface area contributed by atoms with Crippen LogP contribution in [-0.2, 0) is 10.0 Å². The highest BCUT2D eigenvalue weighted by Crippen LogP contribution is 2.25. The molecule has 4 atom stereocenters. The largest absolute Gasteiger partial charge is 0.390 e. The van der Waals surface area contributed by atoms with Crippen molar-refractivity contribution in [3.8, 4) is 0 Å². The topological polar surface area (TPSA) is 107 Å². The maximum absolute atomic E-state index is 15.1. The molecule has 0 amide bonds. The van der Waals surface area contributed by atoms with Crippen LogP contribution < -0.4 is 20.5 Å². The van der Waals surface area contributed by atoms with Crippen molar-refractivity contribution < 1.29 is 22.3 Å². The van der Waals surface area contributed by atoms with Gasteiger partial charge in [0.15, 0.2) is 11.4 Å². The van der Waals surface area contributed by atoms with Gasteiger partial charge in [0.05, 0.1) is 22.7 Å². The molecule has 0 saturated carbocycles. The predicted molar refractivity (Wildman–Crippen MR) is 111 cm³/mol. The molecule has 1 aliphatic rings. The van der Waals surface area contributed by atoms with Crippen molar-refractivity contribution in [1.82, 2.24) is 20.4 Å². The highest BCUT2D eigenvalue weighted by molar-refractivity contribution is 7.89. The number of hydrogen-bond acceptors (Lipinski definition) is 8. The van der Waals surface area contributed by atoms with Crippen LogP contribution in [0.1, 0.15) is 12.8 Å². The van der Waals surface area contributed by atoms with E-state index in [-0.39, 0.29) is 28.9 Å². The Balaban J connectivity index is 1.67. The average Bonchev–Trinajstić information content (AvgIpc) is 3.33. The molecule has 2 aromatic rings. The Morgan fingerprint density at radius 1 is 1.33 bits per heavy atom. The lowest BCUT2D eigenvalue weighted by atomic mass is 10.2. The number of aliphatic hydroxyl groups is 1. The van der Waals surface area contributed by atoms with Gasteiger partial charge in [-0.15, -0.1) is 16.4 Å². The Kier molecular flexibility index (Phi) is 7.96. The summed E-state index contributed by atoms with van der Waals surface area (Å²) in [7, 11) is -4.12. The third kappa shape index (κ3) is 6.06. The monoisotopic (exact) mass is 481 g/mol. The normalized spacial score (nSPS) is 21.5. The van der Waals surface area contributed by atoms with E-state index in [0.717, 1.165) is 6.20 Å². The van der Waals surface area contributed by atoms with Gasteiger partial charge in [-0.25, -0.2) is 22.8 Å². The number of anilines is 1. The van der Waals surface area contributed by atoms with Crippen molar-refractivity contribution in [3.05, 3.63) is 41.7 Å². The van der Waals surface area contributed by atoms with Gasteiger partial charge < -0.3 is 10.4 Å². The number of aromatic nitrogens is 1. The summed E-state index contributed by atoms with van der Waals surface area (Å²) in [6, 6.07) is 7.17. The molecule has 13 heteroatoms. The third-order valence-electron chi connectivity index (χ3n) is 4.46. The number of nitrogens with zero attached hydrogens (tertiary/aromatic N) is 2. The van der Waals surface area contributed by atoms with Gasteiger partial charge in [0, 0.05) is 25.6 Å². The minimum atomic E-state index is -4.12. The molecule has 4 N–H and O–H groups in total. The third-order valence-corrected chi connectivity index (χ3v) is 6.92. The molecule has 0 radical (unpaired) electrons. The Labute approximate surface area is 182 Å². The van der Waals surface area contributed by atoms with E-state index in [1.54, 1.807) is 6.07 Å². The van der Waals surface area contributed by atoms with Crippen LogP contribution in [0, 0.1) is 5.13 Å². The van der Waals surface area contributed by atoms with Crippen molar-refractivity contribution >= 4 is 38.1 Å². The highest BCUT2D eigenvalue weighted by atomic mass is 35.5. The molecule has 1 aromatic heterocycles. The van der Waals surface area contributed by atoms with Gasteiger partial charge >= 0.3 is 0 Å². The molecule has 3 rings (SSSR count). The van der Waals surface area contributed by atoms with Crippen LogP contribution in [0.5, 0.6) is 0 Å². The number of β-amino-alcohol motifs (C(OH)–C–C–N with tert-alkyl or cyclic N) is 1. The Bertz CT molecular complexity index is 921. The Morgan fingerprint density at radius 2 is 2.07 bits per heavy atom. The quantitative estimate of drug-likeness (QED) is 0.232. The number of rotatable bonds is 10. The standard InChI is InChI=1S/C17H22ClF2N5O3S2/c18-14(23-12-8-21-9-13(12)26)6-7-15(19)25(17-22-10-16(20)29-17)24-30(27,28)11-4-2-1-3-5-11/h1-5,10,12-15,21,23-24,26H,6-9H2/t12-,13-,14?,15?/m1/s1. The summed E-state index contributed by atoms with van der Waals surface area (Å²) in [5, 5.41) is 15.6. The summed E-state index contributed by atoms with van der Waals surface area (Å²) in [6.45, 7) is 0.975. The molecule has 0 spiro atoms. The lowest BCUT2D eigenvalue weighted by molar-refractivity contribution is 0.160. The van der Waals surface area contributed by atoms with E-state index >= 15 is 4.39 Å². The molecule has 0 bridgehead atoms. The van der Waals surface area contributed by atoms with Gasteiger partial charge in [-0.3, -0.25) is 5.32 Å². The first-order valence-electron chi connectivity index (χ1n) is 9.17. The molecule has 1 aromatic carbocycles. The minimum Gasteiger partial charge on any atom is -0.390 e. The number of hydrazine groups is 1. The fourth-order valence-electron chi connectivity index (χ4n) is 2.92. The van der Waals surface area contributed by atoms with Gasteiger partial charge in [0.25, 0.3) is 10.0 Å². The second kappa shape index (κ2) is 10.3. The number of benzene rings is 1. The smallest absolute Gasteiger partial charge is 0.257 e. The number of nitrogens with one attached hydrogen (secondary N) is 3. The maximum Gasteiger partial charge on any atom is 0.257 e. The molecule has 2 unspecified atom stereocenters. The number of halogens is 3. The first kappa shape index (κ1) is 23.3. The number of aliphatic hydroxyl groups excluding tert-OH is 1. The SMILES string of the molecule is O=S(=O)(NN(c1ncc(F)s1)C(F)CCC(Cl)N[C@@H]1CNC[C@H]1O)c1ccccc1. The highest BCUT2D eigenvalue weighted by Gasteiger charge is 2.30. The number of hydrogen-bond donors (Lipinski definition) is 4. The molecule has 30 heavy (non-hydrogen) atoms. The molecule has 1 aliphatic heterocycles. The molecule has 2 heterocycles. The Morgan fingerprint density at radius 3 is 2.67 bits per heavy atom. The van der Waals surface area contributed by atoms with Crippen molar-refractivity contribution in [2.75, 3.05) is 18.1 Å². The first-order chi connectivity index (χ1) is 14.3. The molecular weight excluding hydrogens is 460 g/mol. The van der Waals surface area contributed by atoms with E-state index in [4.69, 9.17) is 11.6 Å². The van der Waals surface area contributed by atoms with E-state index < -0.39 is 33.1 Å². The summed E-state index contributed by atoms with van der Waals surface area (Å²) in [6.07, 6.45) is -1.61. The zero-order valence-electron chi connectivity index (χ0n) is 15.7. The van der Waals surface area contributed by atoms with E-state index in [0.29, 0.717) is 29.4 Å². The second-order valence-corrected chi connectivity index (χ2v) is 9.85. The first-order valence-corrected chi connectivity index (χ1v) is 11.9. The molecule has 166 valence electrons. The Hall–Kier alpha value is -1.41. The zero-order valence-corrected chi connectivity index (χ0v) is 18.1. The predicted octanol–water partition coefficient (Wildman–Crippen LogP) is 1.55. The molecule has 1 fully saturated rings. The molecule has 0 aliphatic carbocycles. The van der Waals surface area contributed by atoms with Crippen molar-refractivity contribution in [2.24, 2.45) is 0 Å². The van der Waals surface area contributed by atoms with Crippen molar-refractivity contribution in [3.63, 3.8) is 0 Å². The lowest BCUT2D eigenvalue weighted by Crippen LogP contribution is -2.48. The maximum atomic E-state index is 15.1. The summed E-state index contributed by atoms with van der Waals surface area (Å²) in [4.78, 5) is 5.82. The van der Waals surface area contributed by atoms with E-state index in [2.05, 4.69) is 20.4 Å². The molecule has 1 saturated heterocycles. The van der Waals surface area contributed by atoms with Gasteiger partial charge in [-0.2, -0.15) is 4.39 Å². The summed E-state index contributed by atoms with van der Waals surface area (Å²) < 4.78 is 53.8. The minimum absolute atomic E-state index is 0.0705. The number of alkyl halides is 2.